The van der Waals surface area contributed by atoms with Gasteiger partial charge in [-0.1, -0.05) is 26.2 Å². The highest BCUT2D eigenvalue weighted by Gasteiger charge is 2.21. The largest absolute Gasteiger partial charge is 0.353 e. The zero-order valence-corrected chi connectivity index (χ0v) is 11.6. The molecule has 1 saturated carbocycles. The molecule has 1 aliphatic carbocycles. The van der Waals surface area contributed by atoms with Crippen LogP contribution in [-0.4, -0.2) is 24.5 Å². The monoisotopic (exact) mass is 240 g/mol. The van der Waals surface area contributed by atoms with Gasteiger partial charge >= 0.3 is 0 Å². The van der Waals surface area contributed by atoms with E-state index in [0.29, 0.717) is 18.6 Å². The van der Waals surface area contributed by atoms with Crippen LogP contribution >= 0.6 is 0 Å². The minimum atomic E-state index is 0.135. The molecule has 0 radical (unpaired) electrons. The number of hydrogen-bond acceptors (Lipinski definition) is 2. The molecular formula is C14H28N2O. The van der Waals surface area contributed by atoms with Gasteiger partial charge in [0.1, 0.15) is 0 Å². The Bertz CT molecular complexity index is 224. The summed E-state index contributed by atoms with van der Waals surface area (Å²) in [5, 5.41) is 6.39. The lowest BCUT2D eigenvalue weighted by molar-refractivity contribution is -0.121. The van der Waals surface area contributed by atoms with Gasteiger partial charge in [-0.25, -0.2) is 0 Å². The topological polar surface area (TPSA) is 41.1 Å². The minimum absolute atomic E-state index is 0.135. The highest BCUT2D eigenvalue weighted by molar-refractivity contribution is 5.78. The predicted octanol–water partition coefficient (Wildman–Crippen LogP) is 2.46. The Balaban J connectivity index is 2.14. The van der Waals surface area contributed by atoms with E-state index in [1.165, 1.54) is 25.7 Å². The molecule has 100 valence electrons. The molecule has 0 bridgehead atoms. The molecule has 17 heavy (non-hydrogen) atoms. The van der Waals surface area contributed by atoms with Crippen molar-refractivity contribution < 1.29 is 4.79 Å². The van der Waals surface area contributed by atoms with E-state index < -0.39 is 0 Å². The van der Waals surface area contributed by atoms with Gasteiger partial charge in [-0.2, -0.15) is 0 Å². The number of nitrogens with one attached hydrogen (secondary N) is 2. The molecule has 1 unspecified atom stereocenters. The third-order valence-electron chi connectivity index (χ3n) is 3.82. The van der Waals surface area contributed by atoms with E-state index in [0.717, 1.165) is 18.8 Å². The summed E-state index contributed by atoms with van der Waals surface area (Å²) >= 11 is 0. The van der Waals surface area contributed by atoms with Gasteiger partial charge in [0.05, 0.1) is 6.54 Å². The molecule has 0 aromatic carbocycles. The number of amides is 1. The van der Waals surface area contributed by atoms with Gasteiger partial charge in [0.15, 0.2) is 0 Å². The highest BCUT2D eigenvalue weighted by Crippen LogP contribution is 2.27. The van der Waals surface area contributed by atoms with Crippen molar-refractivity contribution in [3.05, 3.63) is 0 Å². The van der Waals surface area contributed by atoms with E-state index in [2.05, 4.69) is 31.4 Å². The van der Waals surface area contributed by atoms with E-state index in [9.17, 15) is 4.79 Å². The van der Waals surface area contributed by atoms with Crippen molar-refractivity contribution in [2.45, 2.75) is 71.4 Å². The fraction of sp³-hybridized carbons (Fsp3) is 0.929. The number of rotatable bonds is 7. The molecule has 0 heterocycles. The lowest BCUT2D eigenvalue weighted by Gasteiger charge is -2.21. The lowest BCUT2D eigenvalue weighted by Crippen LogP contribution is -2.43. The molecule has 0 saturated heterocycles. The van der Waals surface area contributed by atoms with Crippen molar-refractivity contribution in [1.82, 2.24) is 10.6 Å². The van der Waals surface area contributed by atoms with Crippen molar-refractivity contribution >= 4 is 5.91 Å². The quantitative estimate of drug-likeness (QED) is 0.717. The SMILES string of the molecule is CCCC(C)NC(=O)CN[C@H](C)C1CCCC1. The summed E-state index contributed by atoms with van der Waals surface area (Å²) in [7, 11) is 0. The molecule has 3 nitrogen and oxygen atoms in total. The standard InChI is InChI=1S/C14H28N2O/c1-4-7-11(2)16-14(17)10-15-12(3)13-8-5-6-9-13/h11-13,15H,4-10H2,1-3H3,(H,16,17)/t11?,12-/m1/s1. The van der Waals surface area contributed by atoms with E-state index in [1.807, 2.05) is 0 Å². The average Bonchev–Trinajstić information content (AvgIpc) is 2.79. The van der Waals surface area contributed by atoms with Crippen LogP contribution in [-0.2, 0) is 4.79 Å². The summed E-state index contributed by atoms with van der Waals surface area (Å²) in [5.74, 6) is 0.909. The van der Waals surface area contributed by atoms with Crippen LogP contribution in [0.25, 0.3) is 0 Å². The highest BCUT2D eigenvalue weighted by atomic mass is 16.1. The Morgan fingerprint density at radius 1 is 1.29 bits per heavy atom. The van der Waals surface area contributed by atoms with Gasteiger partial charge in [0, 0.05) is 12.1 Å². The molecule has 1 aliphatic rings. The van der Waals surface area contributed by atoms with E-state index in [1.54, 1.807) is 0 Å². The Hall–Kier alpha value is -0.570. The van der Waals surface area contributed by atoms with E-state index >= 15 is 0 Å². The second-order valence-corrected chi connectivity index (χ2v) is 5.47. The Morgan fingerprint density at radius 2 is 1.94 bits per heavy atom. The third-order valence-corrected chi connectivity index (χ3v) is 3.82. The zero-order valence-electron chi connectivity index (χ0n) is 11.6. The minimum Gasteiger partial charge on any atom is -0.353 e. The van der Waals surface area contributed by atoms with Crippen LogP contribution < -0.4 is 10.6 Å². The average molecular weight is 240 g/mol. The van der Waals surface area contributed by atoms with Crippen molar-refractivity contribution in [3.63, 3.8) is 0 Å². The van der Waals surface area contributed by atoms with Crippen molar-refractivity contribution in [3.8, 4) is 0 Å². The molecule has 0 aromatic heterocycles. The predicted molar refractivity (Wildman–Crippen MR) is 71.9 cm³/mol. The van der Waals surface area contributed by atoms with Crippen molar-refractivity contribution in [2.24, 2.45) is 5.92 Å². The van der Waals surface area contributed by atoms with Crippen LogP contribution in [0.5, 0.6) is 0 Å². The first kappa shape index (κ1) is 14.5. The first-order chi connectivity index (χ1) is 8.13. The second kappa shape index (κ2) is 7.70. The van der Waals surface area contributed by atoms with Crippen LogP contribution in [0.15, 0.2) is 0 Å². The van der Waals surface area contributed by atoms with Gasteiger partial charge < -0.3 is 10.6 Å². The number of carbonyl (C=O) groups is 1. The van der Waals surface area contributed by atoms with Crippen LogP contribution in [0, 0.1) is 5.92 Å². The zero-order chi connectivity index (χ0) is 12.7. The van der Waals surface area contributed by atoms with Gasteiger partial charge in [-0.15, -0.1) is 0 Å². The maximum absolute atomic E-state index is 11.7. The van der Waals surface area contributed by atoms with Gasteiger partial charge in [-0.3, -0.25) is 4.79 Å². The second-order valence-electron chi connectivity index (χ2n) is 5.47. The maximum Gasteiger partial charge on any atom is 0.234 e. The fourth-order valence-corrected chi connectivity index (χ4v) is 2.71. The fourth-order valence-electron chi connectivity index (χ4n) is 2.71. The lowest BCUT2D eigenvalue weighted by atomic mass is 10.00. The third kappa shape index (κ3) is 5.53. The van der Waals surface area contributed by atoms with Crippen LogP contribution in [0.4, 0.5) is 0 Å². The number of carbonyl (C=O) groups excluding carboxylic acids is 1. The summed E-state index contributed by atoms with van der Waals surface area (Å²) in [4.78, 5) is 11.7. The summed E-state index contributed by atoms with van der Waals surface area (Å²) < 4.78 is 0. The first-order valence-electron chi connectivity index (χ1n) is 7.16. The van der Waals surface area contributed by atoms with Gasteiger partial charge in [0.2, 0.25) is 5.91 Å². The maximum atomic E-state index is 11.7. The summed E-state index contributed by atoms with van der Waals surface area (Å²) in [6.45, 7) is 6.88. The molecule has 0 spiro atoms. The van der Waals surface area contributed by atoms with Crippen molar-refractivity contribution in [2.75, 3.05) is 6.54 Å². The van der Waals surface area contributed by atoms with E-state index in [-0.39, 0.29) is 5.91 Å². The molecular weight excluding hydrogens is 212 g/mol. The summed E-state index contributed by atoms with van der Waals surface area (Å²) in [6, 6.07) is 0.779. The molecule has 1 amide bonds. The molecule has 2 N–H and O–H groups in total. The van der Waals surface area contributed by atoms with Gasteiger partial charge in [-0.05, 0) is 39.0 Å². The molecule has 2 atom stereocenters. The Kier molecular flexibility index (Phi) is 6.56. The summed E-state index contributed by atoms with van der Waals surface area (Å²) in [5.41, 5.74) is 0. The van der Waals surface area contributed by atoms with Crippen molar-refractivity contribution in [1.29, 1.82) is 0 Å². The molecule has 0 aliphatic heterocycles. The molecule has 1 rings (SSSR count). The molecule has 3 heteroatoms. The normalized spacial score (nSPS) is 20.2. The molecule has 0 aromatic rings. The van der Waals surface area contributed by atoms with Crippen LogP contribution in [0.1, 0.15) is 59.3 Å². The number of hydrogen-bond donors (Lipinski definition) is 2. The van der Waals surface area contributed by atoms with Gasteiger partial charge in [0.25, 0.3) is 0 Å². The van der Waals surface area contributed by atoms with Crippen LogP contribution in [0.3, 0.4) is 0 Å². The van der Waals surface area contributed by atoms with Crippen LogP contribution in [0.2, 0.25) is 0 Å². The Morgan fingerprint density at radius 3 is 2.53 bits per heavy atom. The Labute approximate surface area is 106 Å². The molecule has 1 fully saturated rings. The van der Waals surface area contributed by atoms with E-state index in [4.69, 9.17) is 0 Å². The first-order valence-corrected chi connectivity index (χ1v) is 7.16. The summed E-state index contributed by atoms with van der Waals surface area (Å²) in [6.07, 6.45) is 7.54. The smallest absolute Gasteiger partial charge is 0.234 e.